The van der Waals surface area contributed by atoms with E-state index < -0.39 is 17.6 Å². The Morgan fingerprint density at radius 2 is 1.93 bits per heavy atom. The van der Waals surface area contributed by atoms with Gasteiger partial charge in [0.05, 0.1) is 10.0 Å². The molecule has 0 aliphatic heterocycles. The molecule has 8 heteroatoms. The van der Waals surface area contributed by atoms with Crippen LogP contribution in [0.2, 0.25) is 0 Å². The highest BCUT2D eigenvalue weighted by atomic mass is 79.9. The fourth-order valence-corrected chi connectivity index (χ4v) is 1.64. The predicted octanol–water partition coefficient (Wildman–Crippen LogP) is 2.88. The van der Waals surface area contributed by atoms with E-state index in [0.717, 1.165) is 0 Å². The van der Waals surface area contributed by atoms with Gasteiger partial charge in [-0.1, -0.05) is 0 Å². The van der Waals surface area contributed by atoms with E-state index in [9.17, 15) is 17.6 Å². The summed E-state index contributed by atoms with van der Waals surface area (Å²) in [6.45, 7) is 0. The van der Waals surface area contributed by atoms with Crippen LogP contribution in [0, 0.1) is 5.82 Å². The molecule has 1 heterocycles. The molecule has 2 rings (SSSR count). The van der Waals surface area contributed by atoms with Crippen molar-refractivity contribution in [3.63, 3.8) is 0 Å². The van der Waals surface area contributed by atoms with Crippen molar-refractivity contribution in [2.45, 2.75) is 6.18 Å². The first-order valence-electron chi connectivity index (χ1n) is 3.67. The lowest BCUT2D eigenvalue weighted by molar-refractivity contribution is -0.139. The zero-order chi connectivity index (χ0) is 11.2. The molecule has 3 nitrogen and oxygen atoms in total. The largest absolute Gasteiger partial charge is 0.419 e. The summed E-state index contributed by atoms with van der Waals surface area (Å²) in [5.41, 5.74) is -1.38. The first kappa shape index (κ1) is 10.3. The molecule has 0 atom stereocenters. The van der Waals surface area contributed by atoms with Crippen molar-refractivity contribution < 1.29 is 17.6 Å². The smallest absolute Gasteiger partial charge is 0.205 e. The number of aromatic amines is 1. The fourth-order valence-electron chi connectivity index (χ4n) is 1.13. The van der Waals surface area contributed by atoms with Crippen LogP contribution in [0.4, 0.5) is 17.6 Å². The highest BCUT2D eigenvalue weighted by Crippen LogP contribution is 2.36. The summed E-state index contributed by atoms with van der Waals surface area (Å²) < 4.78 is 49.9. The van der Waals surface area contributed by atoms with Gasteiger partial charge in [-0.15, -0.1) is 0 Å². The van der Waals surface area contributed by atoms with Crippen molar-refractivity contribution in [2.24, 2.45) is 0 Å². The van der Waals surface area contributed by atoms with E-state index in [4.69, 9.17) is 0 Å². The zero-order valence-electron chi connectivity index (χ0n) is 6.86. The topological polar surface area (TPSA) is 41.6 Å². The minimum absolute atomic E-state index is 0.0282. The van der Waals surface area contributed by atoms with Crippen LogP contribution >= 0.6 is 15.9 Å². The molecule has 1 N–H and O–H groups in total. The lowest BCUT2D eigenvalue weighted by Crippen LogP contribution is -2.08. The van der Waals surface area contributed by atoms with E-state index in [2.05, 4.69) is 31.3 Å². The van der Waals surface area contributed by atoms with Crippen LogP contribution in [0.1, 0.15) is 5.56 Å². The van der Waals surface area contributed by atoms with Gasteiger partial charge >= 0.3 is 6.18 Å². The molecule has 0 radical (unpaired) electrons. The van der Waals surface area contributed by atoms with Crippen molar-refractivity contribution in [1.29, 1.82) is 0 Å². The van der Waals surface area contributed by atoms with Crippen molar-refractivity contribution in [1.82, 2.24) is 15.4 Å². The van der Waals surface area contributed by atoms with Crippen LogP contribution in [0.5, 0.6) is 0 Å². The zero-order valence-corrected chi connectivity index (χ0v) is 8.45. The number of H-pyrrole nitrogens is 1. The van der Waals surface area contributed by atoms with Gasteiger partial charge in [-0.05, 0) is 22.0 Å². The van der Waals surface area contributed by atoms with Gasteiger partial charge in [-0.25, -0.2) is 4.39 Å². The third-order valence-corrected chi connectivity index (χ3v) is 2.52. The fraction of sp³-hybridized carbons (Fsp3) is 0.143. The Labute approximate surface area is 88.6 Å². The summed E-state index contributed by atoms with van der Waals surface area (Å²) in [6.07, 6.45) is -4.75. The van der Waals surface area contributed by atoms with Crippen LogP contribution in [-0.4, -0.2) is 15.4 Å². The lowest BCUT2D eigenvalue weighted by Gasteiger charge is -2.08. The molecule has 1 aromatic heterocycles. The normalized spacial score (nSPS) is 12.3. The van der Waals surface area contributed by atoms with Gasteiger partial charge in [0.2, 0.25) is 0 Å². The van der Waals surface area contributed by atoms with E-state index in [-0.39, 0.29) is 15.5 Å². The monoisotopic (exact) mass is 283 g/mol. The summed E-state index contributed by atoms with van der Waals surface area (Å²) in [7, 11) is 0. The van der Waals surface area contributed by atoms with E-state index in [1.807, 2.05) is 0 Å². The maximum Gasteiger partial charge on any atom is 0.419 e. The first-order chi connectivity index (χ1) is 6.91. The molecule has 80 valence electrons. The average Bonchev–Trinajstić information content (AvgIpc) is 2.57. The summed E-state index contributed by atoms with van der Waals surface area (Å²) >= 11 is 2.71. The predicted molar refractivity (Wildman–Crippen MR) is 46.5 cm³/mol. The Morgan fingerprint density at radius 3 is 2.53 bits per heavy atom. The molecule has 0 aliphatic carbocycles. The molecule has 0 spiro atoms. The van der Waals surface area contributed by atoms with Crippen LogP contribution in [0.25, 0.3) is 11.0 Å². The van der Waals surface area contributed by atoms with Crippen molar-refractivity contribution >= 4 is 27.0 Å². The standard InChI is InChI=1S/C7H2BrF4N3/c8-4-5(9)2(7(10,11)12)1-3-6(4)14-15-13-3/h1H,(H,13,14,15). The number of halogens is 5. The van der Waals surface area contributed by atoms with E-state index in [0.29, 0.717) is 6.07 Å². The molecule has 0 saturated carbocycles. The number of aromatic nitrogens is 3. The Hall–Kier alpha value is -1.18. The Morgan fingerprint density at radius 1 is 1.27 bits per heavy atom. The highest BCUT2D eigenvalue weighted by molar-refractivity contribution is 9.10. The Kier molecular flexibility index (Phi) is 2.18. The third kappa shape index (κ3) is 1.58. The number of nitrogens with one attached hydrogen (secondary N) is 1. The van der Waals surface area contributed by atoms with Gasteiger partial charge < -0.3 is 0 Å². The second kappa shape index (κ2) is 3.16. The minimum atomic E-state index is -4.75. The van der Waals surface area contributed by atoms with Gasteiger partial charge in [0, 0.05) is 0 Å². The highest BCUT2D eigenvalue weighted by Gasteiger charge is 2.36. The number of benzene rings is 1. The van der Waals surface area contributed by atoms with Gasteiger partial charge in [0.15, 0.2) is 5.82 Å². The minimum Gasteiger partial charge on any atom is -0.205 e. The third-order valence-electron chi connectivity index (χ3n) is 1.80. The quantitative estimate of drug-likeness (QED) is 0.756. The number of alkyl halides is 3. The van der Waals surface area contributed by atoms with Crippen LogP contribution in [-0.2, 0) is 6.18 Å². The Bertz CT molecular complexity index is 519. The maximum absolute atomic E-state index is 13.3. The van der Waals surface area contributed by atoms with Gasteiger partial charge in [0.1, 0.15) is 11.0 Å². The average molecular weight is 284 g/mol. The molecule has 0 aliphatic rings. The van der Waals surface area contributed by atoms with E-state index in [1.54, 1.807) is 0 Å². The molecular formula is C7H2BrF4N3. The molecule has 1 aromatic carbocycles. The second-order valence-electron chi connectivity index (χ2n) is 2.74. The SMILES string of the molecule is Fc1c(C(F)(F)F)cc2n[nH]nc2c1Br. The molecule has 2 aromatic rings. The summed E-state index contributed by atoms with van der Waals surface area (Å²) in [6, 6.07) is 0.610. The summed E-state index contributed by atoms with van der Waals surface area (Å²) in [5.74, 6) is -1.39. The van der Waals surface area contributed by atoms with E-state index >= 15 is 0 Å². The molecule has 0 fully saturated rings. The van der Waals surface area contributed by atoms with Crippen LogP contribution in [0.15, 0.2) is 10.5 Å². The molecular weight excluding hydrogens is 282 g/mol. The summed E-state index contributed by atoms with van der Waals surface area (Å²) in [5, 5.41) is 9.09. The maximum atomic E-state index is 13.3. The van der Waals surface area contributed by atoms with Gasteiger partial charge in [0.25, 0.3) is 0 Å². The molecule has 0 amide bonds. The van der Waals surface area contributed by atoms with Crippen LogP contribution < -0.4 is 0 Å². The van der Waals surface area contributed by atoms with Crippen molar-refractivity contribution in [3.05, 3.63) is 21.9 Å². The molecule has 0 unspecified atom stereocenters. The summed E-state index contributed by atoms with van der Waals surface area (Å²) in [4.78, 5) is 0. The number of fused-ring (bicyclic) bond motifs is 1. The lowest BCUT2D eigenvalue weighted by atomic mass is 10.2. The number of hydrogen-bond donors (Lipinski definition) is 1. The molecule has 0 saturated heterocycles. The van der Waals surface area contributed by atoms with Crippen molar-refractivity contribution in [3.8, 4) is 0 Å². The number of hydrogen-bond acceptors (Lipinski definition) is 2. The number of nitrogens with zero attached hydrogens (tertiary/aromatic N) is 2. The van der Waals surface area contributed by atoms with E-state index in [1.165, 1.54) is 0 Å². The Balaban J connectivity index is 2.82. The molecule has 0 bridgehead atoms. The van der Waals surface area contributed by atoms with Crippen LogP contribution in [0.3, 0.4) is 0 Å². The first-order valence-corrected chi connectivity index (χ1v) is 4.46. The van der Waals surface area contributed by atoms with Crippen molar-refractivity contribution in [2.75, 3.05) is 0 Å². The van der Waals surface area contributed by atoms with Gasteiger partial charge in [-0.2, -0.15) is 28.6 Å². The molecule has 15 heavy (non-hydrogen) atoms. The van der Waals surface area contributed by atoms with Gasteiger partial charge in [-0.3, -0.25) is 0 Å². The number of rotatable bonds is 0. The second-order valence-corrected chi connectivity index (χ2v) is 3.53.